The highest BCUT2D eigenvalue weighted by Crippen LogP contribution is 2.29. The average Bonchev–Trinajstić information content (AvgIpc) is 3.09. The van der Waals surface area contributed by atoms with Crippen LogP contribution in [0.4, 0.5) is 4.39 Å². The number of rotatable bonds is 3. The molecule has 1 aliphatic heterocycles. The normalized spacial score (nSPS) is 19.7. The van der Waals surface area contributed by atoms with E-state index in [0.29, 0.717) is 5.92 Å². The summed E-state index contributed by atoms with van der Waals surface area (Å²) < 4.78 is 18.4. The van der Waals surface area contributed by atoms with E-state index in [-0.39, 0.29) is 11.2 Å². The maximum atomic E-state index is 12.9. The van der Waals surface area contributed by atoms with Gasteiger partial charge in [0.1, 0.15) is 5.82 Å². The molecular formula is C17H22FN3O. The van der Waals surface area contributed by atoms with Crippen molar-refractivity contribution in [2.24, 2.45) is 0 Å². The third-order valence-electron chi connectivity index (χ3n) is 4.05. The van der Waals surface area contributed by atoms with E-state index in [1.54, 1.807) is 0 Å². The van der Waals surface area contributed by atoms with Crippen LogP contribution in [0.1, 0.15) is 50.4 Å². The van der Waals surface area contributed by atoms with Gasteiger partial charge < -0.3 is 4.52 Å². The van der Waals surface area contributed by atoms with E-state index in [1.807, 2.05) is 12.1 Å². The predicted molar refractivity (Wildman–Crippen MR) is 82.0 cm³/mol. The summed E-state index contributed by atoms with van der Waals surface area (Å²) in [7, 11) is 0. The number of hydrogen-bond donors (Lipinski definition) is 0. The Morgan fingerprint density at radius 3 is 2.64 bits per heavy atom. The van der Waals surface area contributed by atoms with Gasteiger partial charge in [0.15, 0.2) is 5.82 Å². The van der Waals surface area contributed by atoms with Crippen molar-refractivity contribution >= 4 is 0 Å². The average molecular weight is 303 g/mol. The van der Waals surface area contributed by atoms with Crippen molar-refractivity contribution in [3.05, 3.63) is 47.4 Å². The van der Waals surface area contributed by atoms with Crippen molar-refractivity contribution < 1.29 is 8.91 Å². The van der Waals surface area contributed by atoms with Gasteiger partial charge in [-0.25, -0.2) is 4.39 Å². The van der Waals surface area contributed by atoms with Crippen LogP contribution in [0.25, 0.3) is 0 Å². The summed E-state index contributed by atoms with van der Waals surface area (Å²) in [5.74, 6) is 1.61. The van der Waals surface area contributed by atoms with Crippen LogP contribution < -0.4 is 0 Å². The molecule has 4 nitrogen and oxygen atoms in total. The summed E-state index contributed by atoms with van der Waals surface area (Å²) in [6.45, 7) is 8.97. The van der Waals surface area contributed by atoms with Crippen LogP contribution in [0.2, 0.25) is 0 Å². The van der Waals surface area contributed by atoms with Crippen molar-refractivity contribution in [2.75, 3.05) is 13.1 Å². The summed E-state index contributed by atoms with van der Waals surface area (Å²) in [5, 5.41) is 4.10. The number of halogens is 1. The first-order valence-electron chi connectivity index (χ1n) is 7.73. The lowest BCUT2D eigenvalue weighted by molar-refractivity contribution is 0.307. The van der Waals surface area contributed by atoms with E-state index < -0.39 is 0 Å². The second kappa shape index (κ2) is 5.80. The standard InChI is InChI=1S/C17H22FN3O/c1-17(2,3)16-19-15(22-20-16)13-8-9-21(11-13)10-12-4-6-14(18)7-5-12/h4-7,13H,8-11H2,1-3H3/t13-/m1/s1. The monoisotopic (exact) mass is 303 g/mol. The molecule has 1 aromatic carbocycles. The Hall–Kier alpha value is -1.75. The molecule has 2 heterocycles. The molecule has 0 bridgehead atoms. The molecule has 2 aromatic rings. The van der Waals surface area contributed by atoms with E-state index in [0.717, 1.165) is 43.3 Å². The predicted octanol–water partition coefficient (Wildman–Crippen LogP) is 3.50. The Kier molecular flexibility index (Phi) is 4.00. The minimum absolute atomic E-state index is 0.0891. The number of nitrogens with zero attached hydrogens (tertiary/aromatic N) is 3. The molecule has 0 saturated carbocycles. The van der Waals surface area contributed by atoms with Crippen LogP contribution in [-0.2, 0) is 12.0 Å². The highest BCUT2D eigenvalue weighted by Gasteiger charge is 2.30. The fourth-order valence-electron chi connectivity index (χ4n) is 2.73. The zero-order valence-electron chi connectivity index (χ0n) is 13.3. The zero-order chi connectivity index (χ0) is 15.7. The molecule has 0 spiro atoms. The third-order valence-corrected chi connectivity index (χ3v) is 4.05. The van der Waals surface area contributed by atoms with Crippen molar-refractivity contribution in [1.29, 1.82) is 0 Å². The lowest BCUT2D eigenvalue weighted by Gasteiger charge is -2.15. The van der Waals surface area contributed by atoms with Gasteiger partial charge in [-0.05, 0) is 30.7 Å². The number of likely N-dealkylation sites (tertiary alicyclic amines) is 1. The Morgan fingerprint density at radius 2 is 2.00 bits per heavy atom. The third kappa shape index (κ3) is 3.35. The maximum absolute atomic E-state index is 12.9. The Balaban J connectivity index is 1.62. The van der Waals surface area contributed by atoms with Crippen LogP contribution in [0, 0.1) is 5.82 Å². The van der Waals surface area contributed by atoms with Gasteiger partial charge in [-0.1, -0.05) is 38.1 Å². The van der Waals surface area contributed by atoms with Crippen molar-refractivity contribution in [1.82, 2.24) is 15.0 Å². The van der Waals surface area contributed by atoms with Crippen LogP contribution in [-0.4, -0.2) is 28.1 Å². The molecule has 0 aliphatic carbocycles. The van der Waals surface area contributed by atoms with Crippen LogP contribution in [0.15, 0.2) is 28.8 Å². The van der Waals surface area contributed by atoms with E-state index in [1.165, 1.54) is 12.1 Å². The summed E-state index contributed by atoms with van der Waals surface area (Å²) in [6.07, 6.45) is 1.02. The number of aromatic nitrogens is 2. The van der Waals surface area contributed by atoms with Gasteiger partial charge >= 0.3 is 0 Å². The number of benzene rings is 1. The first-order chi connectivity index (χ1) is 10.4. The molecule has 0 radical (unpaired) electrons. The Labute approximate surface area is 130 Å². The Bertz CT molecular complexity index is 630. The highest BCUT2D eigenvalue weighted by molar-refractivity contribution is 5.16. The van der Waals surface area contributed by atoms with Gasteiger partial charge in [0.25, 0.3) is 0 Å². The van der Waals surface area contributed by atoms with Crippen molar-refractivity contribution in [3.63, 3.8) is 0 Å². The fraction of sp³-hybridized carbons (Fsp3) is 0.529. The van der Waals surface area contributed by atoms with Crippen LogP contribution >= 0.6 is 0 Å². The molecule has 1 aromatic heterocycles. The molecule has 1 fully saturated rings. The van der Waals surface area contributed by atoms with Gasteiger partial charge in [-0.15, -0.1) is 0 Å². The zero-order valence-corrected chi connectivity index (χ0v) is 13.3. The summed E-state index contributed by atoms with van der Waals surface area (Å²) in [6, 6.07) is 6.70. The maximum Gasteiger partial charge on any atom is 0.231 e. The topological polar surface area (TPSA) is 42.2 Å². The van der Waals surface area contributed by atoms with Crippen molar-refractivity contribution in [3.8, 4) is 0 Å². The molecule has 1 atom stereocenters. The van der Waals surface area contributed by atoms with Gasteiger partial charge in [0, 0.05) is 18.5 Å². The summed E-state index contributed by atoms with van der Waals surface area (Å²) >= 11 is 0. The molecular weight excluding hydrogens is 281 g/mol. The van der Waals surface area contributed by atoms with Gasteiger partial charge in [0.2, 0.25) is 5.89 Å². The minimum Gasteiger partial charge on any atom is -0.339 e. The quantitative estimate of drug-likeness (QED) is 0.870. The molecule has 0 N–H and O–H groups in total. The molecule has 1 saturated heterocycles. The SMILES string of the molecule is CC(C)(C)c1noc([C@@H]2CCN(Cc3ccc(F)cc3)C2)n1. The second-order valence-electron chi connectivity index (χ2n) is 7.05. The summed E-state index contributed by atoms with van der Waals surface area (Å²) in [5.41, 5.74) is 1.04. The molecule has 0 unspecified atom stereocenters. The summed E-state index contributed by atoms with van der Waals surface area (Å²) in [4.78, 5) is 6.91. The number of hydrogen-bond acceptors (Lipinski definition) is 4. The van der Waals surface area contributed by atoms with E-state index in [4.69, 9.17) is 4.52 Å². The molecule has 0 amide bonds. The molecule has 22 heavy (non-hydrogen) atoms. The smallest absolute Gasteiger partial charge is 0.231 e. The lowest BCUT2D eigenvalue weighted by atomic mass is 9.96. The largest absolute Gasteiger partial charge is 0.339 e. The first kappa shape index (κ1) is 15.2. The fourth-order valence-corrected chi connectivity index (χ4v) is 2.73. The van der Waals surface area contributed by atoms with Gasteiger partial charge in [-0.2, -0.15) is 4.98 Å². The molecule has 3 rings (SSSR count). The molecule has 118 valence electrons. The van der Waals surface area contributed by atoms with Crippen LogP contribution in [0.5, 0.6) is 0 Å². The molecule has 5 heteroatoms. The van der Waals surface area contributed by atoms with E-state index in [2.05, 4.69) is 35.8 Å². The van der Waals surface area contributed by atoms with Crippen molar-refractivity contribution in [2.45, 2.75) is 45.1 Å². The van der Waals surface area contributed by atoms with Gasteiger partial charge in [0.05, 0.1) is 5.92 Å². The first-order valence-corrected chi connectivity index (χ1v) is 7.73. The van der Waals surface area contributed by atoms with Gasteiger partial charge in [-0.3, -0.25) is 4.90 Å². The molecule has 1 aliphatic rings. The lowest BCUT2D eigenvalue weighted by Crippen LogP contribution is -2.20. The van der Waals surface area contributed by atoms with E-state index >= 15 is 0 Å². The minimum atomic E-state index is -0.191. The van der Waals surface area contributed by atoms with Crippen LogP contribution in [0.3, 0.4) is 0 Å². The van der Waals surface area contributed by atoms with E-state index in [9.17, 15) is 4.39 Å². The Morgan fingerprint density at radius 1 is 1.27 bits per heavy atom. The highest BCUT2D eigenvalue weighted by atomic mass is 19.1. The second-order valence-corrected chi connectivity index (χ2v) is 7.05.